The van der Waals surface area contributed by atoms with Crippen molar-refractivity contribution in [3.63, 3.8) is 0 Å². The predicted octanol–water partition coefficient (Wildman–Crippen LogP) is 5.22. The minimum absolute atomic E-state index is 0.284. The van der Waals surface area contributed by atoms with E-state index in [1.165, 1.54) is 6.07 Å². The molecule has 0 saturated heterocycles. The summed E-state index contributed by atoms with van der Waals surface area (Å²) in [6, 6.07) is 7.96. The van der Waals surface area contributed by atoms with E-state index in [1.54, 1.807) is 24.3 Å². The highest BCUT2D eigenvalue weighted by atomic mass is 79.9. The van der Waals surface area contributed by atoms with Crippen LogP contribution in [0.15, 0.2) is 34.8 Å². The van der Waals surface area contributed by atoms with Crippen LogP contribution in [-0.2, 0) is 0 Å². The van der Waals surface area contributed by atoms with Crippen molar-refractivity contribution in [2.24, 2.45) is 0 Å². The zero-order chi connectivity index (χ0) is 13.3. The summed E-state index contributed by atoms with van der Waals surface area (Å²) < 4.78 is 13.6. The number of rotatable bonds is 2. The van der Waals surface area contributed by atoms with Gasteiger partial charge in [-0.3, -0.25) is 0 Å². The third-order valence-electron chi connectivity index (χ3n) is 2.31. The monoisotopic (exact) mass is 348 g/mol. The van der Waals surface area contributed by atoms with Gasteiger partial charge >= 0.3 is 0 Å². The highest BCUT2D eigenvalue weighted by Gasteiger charge is 2.09. The van der Waals surface area contributed by atoms with Crippen molar-refractivity contribution in [2.75, 3.05) is 11.1 Å². The Hall–Kier alpha value is -0.970. The number of anilines is 3. The molecule has 0 unspecified atom stereocenters. The average molecular weight is 350 g/mol. The molecule has 0 spiro atoms. The van der Waals surface area contributed by atoms with Crippen molar-refractivity contribution in [2.45, 2.75) is 0 Å². The summed E-state index contributed by atoms with van der Waals surface area (Å²) in [5.41, 5.74) is 7.17. The molecule has 94 valence electrons. The molecule has 0 heterocycles. The summed E-state index contributed by atoms with van der Waals surface area (Å²) in [6.45, 7) is 0. The van der Waals surface area contributed by atoms with Crippen molar-refractivity contribution < 1.29 is 4.39 Å². The molecule has 0 aromatic heterocycles. The number of nitrogens with two attached hydrogens (primary N) is 1. The van der Waals surface area contributed by atoms with Crippen molar-refractivity contribution >= 4 is 56.2 Å². The van der Waals surface area contributed by atoms with Crippen LogP contribution in [-0.4, -0.2) is 0 Å². The Morgan fingerprint density at radius 3 is 2.61 bits per heavy atom. The van der Waals surface area contributed by atoms with E-state index in [4.69, 9.17) is 28.9 Å². The lowest BCUT2D eigenvalue weighted by Gasteiger charge is -2.12. The summed E-state index contributed by atoms with van der Waals surface area (Å²) in [4.78, 5) is 0. The molecule has 0 aliphatic carbocycles. The van der Waals surface area contributed by atoms with Crippen LogP contribution in [0.25, 0.3) is 0 Å². The Morgan fingerprint density at radius 1 is 1.17 bits per heavy atom. The van der Waals surface area contributed by atoms with Gasteiger partial charge in [-0.25, -0.2) is 4.39 Å². The fraction of sp³-hybridized carbons (Fsp3) is 0. The first-order valence-corrected chi connectivity index (χ1v) is 6.49. The van der Waals surface area contributed by atoms with Crippen LogP contribution in [0.2, 0.25) is 10.0 Å². The Morgan fingerprint density at radius 2 is 1.89 bits per heavy atom. The third-order valence-corrected chi connectivity index (χ3v) is 3.74. The molecule has 0 bridgehead atoms. The van der Waals surface area contributed by atoms with Gasteiger partial charge in [-0.15, -0.1) is 0 Å². The number of benzene rings is 2. The first-order valence-electron chi connectivity index (χ1n) is 4.94. The molecule has 0 fully saturated rings. The van der Waals surface area contributed by atoms with Gasteiger partial charge in [0.25, 0.3) is 0 Å². The molecule has 0 atom stereocenters. The molecule has 2 aromatic carbocycles. The lowest BCUT2D eigenvalue weighted by molar-refractivity contribution is 0.622. The second-order valence-corrected chi connectivity index (χ2v) is 5.22. The molecule has 18 heavy (non-hydrogen) atoms. The largest absolute Gasteiger partial charge is 0.397 e. The zero-order valence-electron chi connectivity index (χ0n) is 8.98. The molecular weight excluding hydrogens is 342 g/mol. The van der Waals surface area contributed by atoms with Gasteiger partial charge in [-0.05, 0) is 34.1 Å². The lowest BCUT2D eigenvalue weighted by Crippen LogP contribution is -1.98. The predicted molar refractivity (Wildman–Crippen MR) is 78.3 cm³/mol. The molecule has 6 heteroatoms. The molecule has 0 aliphatic heterocycles. The highest BCUT2D eigenvalue weighted by Crippen LogP contribution is 2.34. The van der Waals surface area contributed by atoms with Crippen LogP contribution in [0.5, 0.6) is 0 Å². The molecule has 0 aliphatic rings. The Kier molecular flexibility index (Phi) is 4.00. The van der Waals surface area contributed by atoms with E-state index in [1.807, 2.05) is 0 Å². The van der Waals surface area contributed by atoms with Crippen LogP contribution in [0.4, 0.5) is 21.5 Å². The number of hydrogen-bond acceptors (Lipinski definition) is 2. The highest BCUT2D eigenvalue weighted by molar-refractivity contribution is 9.10. The van der Waals surface area contributed by atoms with Gasteiger partial charge in [-0.1, -0.05) is 29.3 Å². The topological polar surface area (TPSA) is 38.0 Å². The summed E-state index contributed by atoms with van der Waals surface area (Å²) >= 11 is 15.0. The normalized spacial score (nSPS) is 10.4. The van der Waals surface area contributed by atoms with Crippen LogP contribution < -0.4 is 11.1 Å². The molecule has 2 aromatic rings. The van der Waals surface area contributed by atoms with Gasteiger partial charge in [0, 0.05) is 6.07 Å². The second-order valence-electron chi connectivity index (χ2n) is 3.58. The minimum atomic E-state index is -0.421. The second kappa shape index (κ2) is 5.34. The van der Waals surface area contributed by atoms with Crippen molar-refractivity contribution in [1.82, 2.24) is 0 Å². The summed E-state index contributed by atoms with van der Waals surface area (Å²) in [5, 5.41) is 3.83. The van der Waals surface area contributed by atoms with E-state index < -0.39 is 5.82 Å². The van der Waals surface area contributed by atoms with Crippen LogP contribution in [0.1, 0.15) is 0 Å². The summed E-state index contributed by atoms with van der Waals surface area (Å²) in [5.74, 6) is -0.421. The smallest absolute Gasteiger partial charge is 0.139 e. The van der Waals surface area contributed by atoms with E-state index in [2.05, 4.69) is 21.2 Å². The maximum absolute atomic E-state index is 13.2. The van der Waals surface area contributed by atoms with Crippen molar-refractivity contribution in [3.05, 3.63) is 50.7 Å². The van der Waals surface area contributed by atoms with E-state index in [0.29, 0.717) is 25.9 Å². The Labute approximate surface area is 122 Å². The standard InChI is InChI=1S/C12H8BrCl2FN2/c13-6-4-11(9(17)5-8(6)16)18-10-3-1-2-7(14)12(10)15/h1-5,18H,17H2. The molecule has 0 radical (unpaired) electrons. The first kappa shape index (κ1) is 13.5. The van der Waals surface area contributed by atoms with Crippen molar-refractivity contribution in [3.8, 4) is 0 Å². The Bertz CT molecular complexity index is 605. The third kappa shape index (κ3) is 2.71. The maximum Gasteiger partial charge on any atom is 0.139 e. The number of hydrogen-bond donors (Lipinski definition) is 2. The van der Waals surface area contributed by atoms with Gasteiger partial charge in [-0.2, -0.15) is 0 Å². The lowest BCUT2D eigenvalue weighted by atomic mass is 10.2. The van der Waals surface area contributed by atoms with E-state index in [-0.39, 0.29) is 5.69 Å². The van der Waals surface area contributed by atoms with Gasteiger partial charge in [0.05, 0.1) is 31.6 Å². The SMILES string of the molecule is Nc1cc(F)c(Br)cc1Nc1cccc(Cl)c1Cl. The van der Waals surface area contributed by atoms with E-state index in [9.17, 15) is 4.39 Å². The molecule has 2 nitrogen and oxygen atoms in total. The molecule has 0 saturated carbocycles. The zero-order valence-corrected chi connectivity index (χ0v) is 12.1. The average Bonchev–Trinajstić information content (AvgIpc) is 2.32. The molecule has 3 N–H and O–H groups in total. The minimum Gasteiger partial charge on any atom is -0.397 e. The number of nitrogen functional groups attached to an aromatic ring is 1. The van der Waals surface area contributed by atoms with Gasteiger partial charge in [0.2, 0.25) is 0 Å². The summed E-state index contributed by atoms with van der Waals surface area (Å²) in [7, 11) is 0. The molecular formula is C12H8BrCl2FN2. The fourth-order valence-corrected chi connectivity index (χ4v) is 2.11. The number of nitrogens with one attached hydrogen (secondary N) is 1. The number of halogens is 4. The molecule has 2 rings (SSSR count). The van der Waals surface area contributed by atoms with Gasteiger partial charge < -0.3 is 11.1 Å². The van der Waals surface area contributed by atoms with E-state index >= 15 is 0 Å². The van der Waals surface area contributed by atoms with Gasteiger partial charge in [0.1, 0.15) is 5.82 Å². The van der Waals surface area contributed by atoms with Crippen LogP contribution in [0.3, 0.4) is 0 Å². The fourth-order valence-electron chi connectivity index (χ4n) is 1.42. The van der Waals surface area contributed by atoms with Gasteiger partial charge in [0.15, 0.2) is 0 Å². The van der Waals surface area contributed by atoms with Crippen LogP contribution >= 0.6 is 39.1 Å². The quantitative estimate of drug-likeness (QED) is 0.729. The van der Waals surface area contributed by atoms with E-state index in [0.717, 1.165) is 0 Å². The summed E-state index contributed by atoms with van der Waals surface area (Å²) in [6.07, 6.45) is 0. The maximum atomic E-state index is 13.2. The van der Waals surface area contributed by atoms with Crippen molar-refractivity contribution in [1.29, 1.82) is 0 Å². The first-order chi connectivity index (χ1) is 8.49. The Balaban J connectivity index is 2.40. The molecule has 0 amide bonds. The van der Waals surface area contributed by atoms with Crippen LogP contribution in [0, 0.1) is 5.82 Å².